The van der Waals surface area contributed by atoms with Crippen molar-refractivity contribution in [3.8, 4) is 0 Å². The number of ketones is 1. The van der Waals surface area contributed by atoms with E-state index in [-0.39, 0.29) is 18.2 Å². The van der Waals surface area contributed by atoms with Gasteiger partial charge < -0.3 is 10.6 Å². The summed E-state index contributed by atoms with van der Waals surface area (Å²) in [5.41, 5.74) is 9.31. The Balaban J connectivity index is 2.23. The first kappa shape index (κ1) is 16.7. The highest BCUT2D eigenvalue weighted by atomic mass is 16.1. The van der Waals surface area contributed by atoms with Gasteiger partial charge in [0.05, 0.1) is 17.9 Å². The first-order chi connectivity index (χ1) is 10.9. The molecule has 1 aliphatic carbocycles. The molecular formula is C18H21N3O2. The molecule has 1 aromatic rings. The van der Waals surface area contributed by atoms with E-state index in [9.17, 15) is 9.59 Å². The molecule has 0 bridgehead atoms. The largest absolute Gasteiger partial charge is 0.368 e. The summed E-state index contributed by atoms with van der Waals surface area (Å²) in [6.45, 7) is 6.52. The van der Waals surface area contributed by atoms with E-state index in [1.807, 2.05) is 43.0 Å². The molecular weight excluding hydrogens is 290 g/mol. The minimum Gasteiger partial charge on any atom is -0.368 e. The van der Waals surface area contributed by atoms with Crippen molar-refractivity contribution in [2.45, 2.75) is 20.8 Å². The zero-order valence-corrected chi connectivity index (χ0v) is 13.7. The molecule has 23 heavy (non-hydrogen) atoms. The first-order valence-corrected chi connectivity index (χ1v) is 7.54. The molecule has 5 nitrogen and oxygen atoms in total. The monoisotopic (exact) mass is 311 g/mol. The van der Waals surface area contributed by atoms with Gasteiger partial charge in [-0.2, -0.15) is 0 Å². The van der Waals surface area contributed by atoms with Crippen molar-refractivity contribution in [3.05, 3.63) is 47.6 Å². The van der Waals surface area contributed by atoms with Gasteiger partial charge in [-0.15, -0.1) is 0 Å². The maximum absolute atomic E-state index is 11.6. The quantitative estimate of drug-likeness (QED) is 0.849. The molecule has 0 radical (unpaired) electrons. The number of anilines is 1. The minimum atomic E-state index is -0.357. The van der Waals surface area contributed by atoms with E-state index >= 15 is 0 Å². The predicted octanol–water partition coefficient (Wildman–Crippen LogP) is 2.55. The molecule has 1 aliphatic rings. The summed E-state index contributed by atoms with van der Waals surface area (Å²) in [6, 6.07) is 7.60. The summed E-state index contributed by atoms with van der Waals surface area (Å²) < 4.78 is 0. The van der Waals surface area contributed by atoms with Crippen LogP contribution in [0.25, 0.3) is 0 Å². The number of carbonyl (C=O) groups excluding carboxylic acids is 2. The van der Waals surface area contributed by atoms with Crippen LogP contribution in [-0.4, -0.2) is 30.5 Å². The van der Waals surface area contributed by atoms with E-state index in [2.05, 4.69) is 4.99 Å². The fourth-order valence-corrected chi connectivity index (χ4v) is 2.35. The first-order valence-electron chi connectivity index (χ1n) is 7.54. The van der Waals surface area contributed by atoms with Gasteiger partial charge in [-0.25, -0.2) is 4.99 Å². The lowest BCUT2D eigenvalue weighted by atomic mass is 9.98. The lowest BCUT2D eigenvalue weighted by molar-refractivity contribution is -0.116. The molecule has 2 rings (SSSR count). The number of allylic oxidation sites excluding steroid dienone is 4. The van der Waals surface area contributed by atoms with Crippen LogP contribution in [0.1, 0.15) is 20.8 Å². The fraction of sp³-hybridized carbons (Fsp3) is 0.278. The summed E-state index contributed by atoms with van der Waals surface area (Å²) in [4.78, 5) is 29.2. The molecule has 2 N–H and O–H groups in total. The van der Waals surface area contributed by atoms with Crippen LogP contribution in [-0.2, 0) is 9.59 Å². The Morgan fingerprint density at radius 2 is 1.78 bits per heavy atom. The molecule has 0 saturated heterocycles. The van der Waals surface area contributed by atoms with E-state index in [0.29, 0.717) is 12.1 Å². The van der Waals surface area contributed by atoms with Crippen LogP contribution in [0.5, 0.6) is 0 Å². The molecule has 120 valence electrons. The van der Waals surface area contributed by atoms with Crippen LogP contribution in [0.4, 0.5) is 11.4 Å². The average molecular weight is 311 g/mol. The Labute approximate surface area is 136 Å². The van der Waals surface area contributed by atoms with Gasteiger partial charge in [0.2, 0.25) is 5.91 Å². The molecule has 0 aromatic heterocycles. The van der Waals surface area contributed by atoms with Gasteiger partial charge in [-0.1, -0.05) is 0 Å². The third kappa shape index (κ3) is 4.16. The van der Waals surface area contributed by atoms with Gasteiger partial charge in [0.25, 0.3) is 0 Å². The molecule has 0 spiro atoms. The molecule has 1 aromatic carbocycles. The van der Waals surface area contributed by atoms with E-state index in [0.717, 1.165) is 22.7 Å². The summed E-state index contributed by atoms with van der Waals surface area (Å²) in [7, 11) is 0. The fourth-order valence-electron chi connectivity index (χ4n) is 2.35. The second kappa shape index (κ2) is 7.05. The smallest absolute Gasteiger partial charge is 0.236 e. The lowest BCUT2D eigenvalue weighted by Crippen LogP contribution is -2.33. The SMILES string of the molecule is CCN(CC(N)=O)c1ccc(N=C2C=C(C)C(=O)C=C2C)cc1. The molecule has 0 heterocycles. The number of hydrogen-bond donors (Lipinski definition) is 1. The summed E-state index contributed by atoms with van der Waals surface area (Å²) in [6.07, 6.45) is 3.41. The van der Waals surface area contributed by atoms with E-state index in [4.69, 9.17) is 5.73 Å². The highest BCUT2D eigenvalue weighted by Crippen LogP contribution is 2.22. The Hall–Kier alpha value is -2.69. The van der Waals surface area contributed by atoms with Crippen molar-refractivity contribution in [2.75, 3.05) is 18.0 Å². The maximum Gasteiger partial charge on any atom is 0.236 e. The molecule has 0 unspecified atom stereocenters. The van der Waals surface area contributed by atoms with Crippen LogP contribution in [0.2, 0.25) is 0 Å². The third-order valence-electron chi connectivity index (χ3n) is 3.69. The molecule has 0 atom stereocenters. The summed E-state index contributed by atoms with van der Waals surface area (Å²) in [5, 5.41) is 0. The minimum absolute atomic E-state index is 0.0295. The zero-order chi connectivity index (χ0) is 17.0. The average Bonchev–Trinajstić information content (AvgIpc) is 2.51. The third-order valence-corrected chi connectivity index (χ3v) is 3.69. The number of benzene rings is 1. The molecule has 0 aliphatic heterocycles. The van der Waals surface area contributed by atoms with Gasteiger partial charge in [-0.3, -0.25) is 9.59 Å². The second-order valence-corrected chi connectivity index (χ2v) is 5.51. The number of nitrogens with two attached hydrogens (primary N) is 1. The standard InChI is InChI=1S/C18H21N3O2/c1-4-21(11-18(19)23)15-7-5-14(6-8-15)20-16-9-13(3)17(22)10-12(16)2/h5-10H,4,11H2,1-3H3,(H2,19,23). The molecule has 0 saturated carbocycles. The summed E-state index contributed by atoms with van der Waals surface area (Å²) in [5.74, 6) is -0.328. The zero-order valence-electron chi connectivity index (χ0n) is 13.7. The number of carbonyl (C=O) groups is 2. The van der Waals surface area contributed by atoms with E-state index in [1.165, 1.54) is 0 Å². The Bertz CT molecular complexity index is 712. The number of likely N-dealkylation sites (N-methyl/N-ethyl adjacent to an activating group) is 1. The molecule has 1 amide bonds. The normalized spacial score (nSPS) is 16.1. The number of primary amides is 1. The predicted molar refractivity (Wildman–Crippen MR) is 93.1 cm³/mol. The van der Waals surface area contributed by atoms with Gasteiger partial charge in [0, 0.05) is 12.2 Å². The maximum atomic E-state index is 11.6. The van der Waals surface area contributed by atoms with Crippen LogP contribution >= 0.6 is 0 Å². The van der Waals surface area contributed by atoms with Gasteiger partial charge in [0.1, 0.15) is 0 Å². The van der Waals surface area contributed by atoms with Crippen molar-refractivity contribution in [3.63, 3.8) is 0 Å². The van der Waals surface area contributed by atoms with Crippen molar-refractivity contribution in [1.82, 2.24) is 0 Å². The van der Waals surface area contributed by atoms with Crippen LogP contribution in [0.3, 0.4) is 0 Å². The number of amides is 1. The van der Waals surface area contributed by atoms with Crippen molar-refractivity contribution in [1.29, 1.82) is 0 Å². The Morgan fingerprint density at radius 1 is 1.13 bits per heavy atom. The van der Waals surface area contributed by atoms with Crippen LogP contribution < -0.4 is 10.6 Å². The Kier molecular flexibility index (Phi) is 5.11. The van der Waals surface area contributed by atoms with E-state index < -0.39 is 0 Å². The molecule has 0 fully saturated rings. The van der Waals surface area contributed by atoms with Gasteiger partial charge in [-0.05, 0) is 68.3 Å². The highest BCUT2D eigenvalue weighted by Gasteiger charge is 2.13. The van der Waals surface area contributed by atoms with E-state index in [1.54, 1.807) is 19.1 Å². The van der Waals surface area contributed by atoms with Crippen molar-refractivity contribution < 1.29 is 9.59 Å². The number of nitrogens with zero attached hydrogens (tertiary/aromatic N) is 2. The topological polar surface area (TPSA) is 75.8 Å². The Morgan fingerprint density at radius 3 is 2.35 bits per heavy atom. The van der Waals surface area contributed by atoms with Gasteiger partial charge in [0.15, 0.2) is 5.78 Å². The van der Waals surface area contributed by atoms with Crippen molar-refractivity contribution >= 4 is 28.8 Å². The van der Waals surface area contributed by atoms with Crippen molar-refractivity contribution in [2.24, 2.45) is 10.7 Å². The number of aliphatic imine (C=N–C) groups is 1. The number of rotatable bonds is 5. The second-order valence-electron chi connectivity index (χ2n) is 5.51. The van der Waals surface area contributed by atoms with Crippen LogP contribution in [0, 0.1) is 0 Å². The lowest BCUT2D eigenvalue weighted by Gasteiger charge is -2.21. The number of hydrogen-bond acceptors (Lipinski definition) is 4. The molecule has 5 heteroatoms. The highest BCUT2D eigenvalue weighted by molar-refractivity contribution is 6.22. The van der Waals surface area contributed by atoms with Crippen LogP contribution in [0.15, 0.2) is 52.6 Å². The van der Waals surface area contributed by atoms with Gasteiger partial charge >= 0.3 is 0 Å². The summed E-state index contributed by atoms with van der Waals surface area (Å²) >= 11 is 0.